The number of hydrogen-bond acceptors (Lipinski definition) is 8. The Labute approximate surface area is 246 Å². The molecule has 0 saturated heterocycles. The maximum Gasteiger partial charge on any atom is 0.263 e. The molecule has 2 amide bonds. The van der Waals surface area contributed by atoms with E-state index in [0.29, 0.717) is 22.1 Å². The van der Waals surface area contributed by atoms with Crippen LogP contribution < -0.4 is 21.7 Å². The Morgan fingerprint density at radius 1 is 1.07 bits per heavy atom. The molecule has 0 aliphatic carbocycles. The van der Waals surface area contributed by atoms with Gasteiger partial charge in [0.15, 0.2) is 15.0 Å². The van der Waals surface area contributed by atoms with Crippen LogP contribution in [0.1, 0.15) is 69.4 Å². The highest BCUT2D eigenvalue weighted by molar-refractivity contribution is 7.94. The molecule has 228 valence electrons. The third-order valence-corrected chi connectivity index (χ3v) is 6.22. The van der Waals surface area contributed by atoms with Gasteiger partial charge in [0.25, 0.3) is 5.91 Å². The van der Waals surface area contributed by atoms with Crippen LogP contribution in [0.2, 0.25) is 0 Å². The summed E-state index contributed by atoms with van der Waals surface area (Å²) in [6.07, 6.45) is 5.05. The zero-order valence-corrected chi connectivity index (χ0v) is 27.4. The highest BCUT2D eigenvalue weighted by Crippen LogP contribution is 2.24. The first-order chi connectivity index (χ1) is 18.8. The van der Waals surface area contributed by atoms with Gasteiger partial charge in [-0.1, -0.05) is 63.8 Å². The van der Waals surface area contributed by atoms with Crippen LogP contribution in [0.3, 0.4) is 0 Å². The molecule has 0 fully saturated rings. The molecule has 0 radical (unpaired) electrons. The van der Waals surface area contributed by atoms with Crippen LogP contribution in [-0.4, -0.2) is 51.9 Å². The van der Waals surface area contributed by atoms with E-state index in [2.05, 4.69) is 39.8 Å². The van der Waals surface area contributed by atoms with Crippen LogP contribution in [0.4, 0.5) is 10.8 Å². The van der Waals surface area contributed by atoms with Gasteiger partial charge < -0.3 is 21.7 Å². The predicted octanol–water partition coefficient (Wildman–Crippen LogP) is 5.65. The summed E-state index contributed by atoms with van der Waals surface area (Å²) in [6.45, 7) is 19.4. The van der Waals surface area contributed by atoms with E-state index in [0.717, 1.165) is 24.7 Å². The average molecular weight is 599 g/mol. The molecule has 0 bridgehead atoms. The molecule has 12 heteroatoms. The Morgan fingerprint density at radius 3 is 1.82 bits per heavy atom. The van der Waals surface area contributed by atoms with Crippen molar-refractivity contribution in [2.75, 3.05) is 31.0 Å². The van der Waals surface area contributed by atoms with Crippen LogP contribution in [0.25, 0.3) is 0 Å². The zero-order chi connectivity index (χ0) is 32.3. The van der Waals surface area contributed by atoms with E-state index in [9.17, 15) is 18.0 Å². The molecule has 0 atom stereocenters. The lowest BCUT2D eigenvalue weighted by molar-refractivity contribution is -0.114. The number of nitrogens with one attached hydrogen (secondary N) is 4. The average Bonchev–Trinajstić information content (AvgIpc) is 3.32. The van der Waals surface area contributed by atoms with Crippen molar-refractivity contribution >= 4 is 50.1 Å². The van der Waals surface area contributed by atoms with Crippen LogP contribution in [-0.2, 0) is 27.5 Å². The second-order valence-corrected chi connectivity index (χ2v) is 10.3. The summed E-state index contributed by atoms with van der Waals surface area (Å²) in [7, 11) is 0.527. The molecule has 1 aromatic carbocycles. The predicted molar refractivity (Wildman–Crippen MR) is 174 cm³/mol. The molecule has 0 spiro atoms. The fourth-order valence-electron chi connectivity index (χ4n) is 2.12. The first-order valence-corrected chi connectivity index (χ1v) is 15.4. The van der Waals surface area contributed by atoms with Crippen LogP contribution in [0.5, 0.6) is 0 Å². The van der Waals surface area contributed by atoms with Crippen molar-refractivity contribution in [3.63, 3.8) is 0 Å². The molecular formula is C28H50N6O4S2. The third-order valence-electron chi connectivity index (χ3n) is 3.94. The second kappa shape index (κ2) is 27.1. The Hall–Kier alpha value is -3.51. The van der Waals surface area contributed by atoms with Crippen molar-refractivity contribution in [2.45, 2.75) is 61.3 Å². The number of aryl methyl sites for hydroxylation is 2. The molecule has 0 aliphatic heterocycles. The number of carbonyl (C=O) groups is 2. The standard InChI is InChI=1S/C16H20N4O2S.C4H8O2S.C3H6.2C2H6.CH4N2/c1-10(21)19-16-20-13(14(23-16)15(22)18-3)9-6-11-4-7-12(17-2)8-5-11;1-4(2)7(3,5)6;1-3-2;2*1-2;2-1-3/h4-5,7-8,17H,6,9H2,1-3H3,(H,18,22)(H,19,20,21);1H2,2-3H3;3H,1H2,2H3;2*1-2H3;1H,(H3,2,3). The minimum absolute atomic E-state index is 0.181. The number of anilines is 2. The number of allylic oxidation sites excluding steroid dienone is 2. The molecule has 2 rings (SSSR count). The molecule has 10 nitrogen and oxygen atoms in total. The number of nitrogens with zero attached hydrogens (tertiary/aromatic N) is 1. The van der Waals surface area contributed by atoms with Gasteiger partial charge >= 0.3 is 0 Å². The van der Waals surface area contributed by atoms with Gasteiger partial charge in [0.2, 0.25) is 5.91 Å². The summed E-state index contributed by atoms with van der Waals surface area (Å²) in [6, 6.07) is 8.12. The molecule has 0 unspecified atom stereocenters. The Bertz CT molecular complexity index is 1090. The highest BCUT2D eigenvalue weighted by Gasteiger charge is 2.17. The summed E-state index contributed by atoms with van der Waals surface area (Å²) in [4.78, 5) is 28.3. The van der Waals surface area contributed by atoms with Crippen molar-refractivity contribution in [2.24, 2.45) is 5.73 Å². The van der Waals surface area contributed by atoms with Crippen molar-refractivity contribution in [3.8, 4) is 0 Å². The number of hydrogen-bond donors (Lipinski definition) is 5. The lowest BCUT2D eigenvalue weighted by Gasteiger charge is -2.04. The van der Waals surface area contributed by atoms with Crippen molar-refractivity contribution in [3.05, 3.63) is 64.5 Å². The molecule has 0 saturated carbocycles. The number of benzene rings is 1. The van der Waals surface area contributed by atoms with Gasteiger partial charge in [-0.3, -0.25) is 15.0 Å². The second-order valence-electron chi connectivity index (χ2n) is 7.05. The Kier molecular flexibility index (Phi) is 29.5. The quantitative estimate of drug-likeness (QED) is 0.156. The van der Waals surface area contributed by atoms with Crippen LogP contribution >= 0.6 is 11.3 Å². The number of thiazole rings is 1. The number of rotatable bonds is 7. The molecular weight excluding hydrogens is 548 g/mol. The van der Waals surface area contributed by atoms with Crippen molar-refractivity contribution in [1.82, 2.24) is 10.3 Å². The van der Waals surface area contributed by atoms with E-state index >= 15 is 0 Å². The number of nitrogens with two attached hydrogens (primary N) is 1. The van der Waals surface area contributed by atoms with Gasteiger partial charge in [0.1, 0.15) is 4.88 Å². The summed E-state index contributed by atoms with van der Waals surface area (Å²) >= 11 is 1.20. The van der Waals surface area contributed by atoms with E-state index < -0.39 is 9.84 Å². The summed E-state index contributed by atoms with van der Waals surface area (Å²) in [5.74, 6) is -0.379. The van der Waals surface area contributed by atoms with Gasteiger partial charge in [0, 0.05) is 37.9 Å². The lowest BCUT2D eigenvalue weighted by atomic mass is 10.1. The first-order valence-electron chi connectivity index (χ1n) is 12.7. The molecule has 2 aromatic rings. The van der Waals surface area contributed by atoms with E-state index in [4.69, 9.17) is 5.41 Å². The Balaban J connectivity index is -0.000000316. The third kappa shape index (κ3) is 22.5. The summed E-state index contributed by atoms with van der Waals surface area (Å²) in [5, 5.41) is 14.6. The summed E-state index contributed by atoms with van der Waals surface area (Å²) in [5.41, 5.74) is 7.32. The number of carbonyl (C=O) groups excluding carboxylic acids is 2. The van der Waals surface area contributed by atoms with Gasteiger partial charge in [-0.2, -0.15) is 0 Å². The van der Waals surface area contributed by atoms with Gasteiger partial charge in [-0.15, -0.1) is 6.58 Å². The molecule has 6 N–H and O–H groups in total. The SMILES string of the molecule is C=C(C)S(C)(=O)=O.C=CC.CC.CC.CNC(=O)c1sc(NC(C)=O)nc1CCc1ccc(NC)cc1.N=CN. The molecule has 40 heavy (non-hydrogen) atoms. The van der Waals surface area contributed by atoms with E-state index in [1.807, 2.05) is 65.9 Å². The minimum atomic E-state index is -2.94. The van der Waals surface area contributed by atoms with Gasteiger partial charge in [-0.25, -0.2) is 13.4 Å². The van der Waals surface area contributed by atoms with Crippen LogP contribution in [0.15, 0.2) is 48.4 Å². The topological polar surface area (TPSA) is 167 Å². The Morgan fingerprint density at radius 2 is 1.50 bits per heavy atom. The lowest BCUT2D eigenvalue weighted by Crippen LogP contribution is -2.18. The maximum absolute atomic E-state index is 12.0. The zero-order valence-electron chi connectivity index (χ0n) is 25.8. The van der Waals surface area contributed by atoms with Crippen LogP contribution in [0, 0.1) is 5.41 Å². The largest absolute Gasteiger partial charge is 0.390 e. The monoisotopic (exact) mass is 598 g/mol. The number of amides is 2. The van der Waals surface area contributed by atoms with Crippen molar-refractivity contribution < 1.29 is 18.0 Å². The minimum Gasteiger partial charge on any atom is -0.390 e. The number of aromatic nitrogens is 1. The van der Waals surface area contributed by atoms with E-state index in [-0.39, 0.29) is 16.7 Å². The van der Waals surface area contributed by atoms with Gasteiger partial charge in [-0.05, 0) is 44.4 Å². The van der Waals surface area contributed by atoms with Crippen molar-refractivity contribution in [1.29, 1.82) is 5.41 Å². The first kappa shape index (κ1) is 43.5. The normalized spacial score (nSPS) is 8.75. The highest BCUT2D eigenvalue weighted by atomic mass is 32.2. The number of sulfone groups is 1. The van der Waals surface area contributed by atoms with Gasteiger partial charge in [0.05, 0.1) is 12.0 Å². The van der Waals surface area contributed by atoms with E-state index in [1.165, 1.54) is 30.7 Å². The fourth-order valence-corrected chi connectivity index (χ4v) is 3.12. The molecule has 1 aromatic heterocycles. The molecule has 1 heterocycles. The van der Waals surface area contributed by atoms with E-state index in [1.54, 1.807) is 13.1 Å². The maximum atomic E-state index is 12.0. The smallest absolute Gasteiger partial charge is 0.263 e. The summed E-state index contributed by atoms with van der Waals surface area (Å²) < 4.78 is 20.5. The molecule has 0 aliphatic rings. The fraction of sp³-hybridized carbons (Fsp3) is 0.429.